The molecule has 1 aliphatic heterocycles. The Labute approximate surface area is 65.9 Å². The zero-order valence-corrected chi connectivity index (χ0v) is 6.45. The highest BCUT2D eigenvalue weighted by Gasteiger charge is 2.43. The average Bonchev–Trinajstić information content (AvgIpc) is 2.30. The van der Waals surface area contributed by atoms with Crippen LogP contribution in [0.15, 0.2) is 0 Å². The van der Waals surface area contributed by atoms with Gasteiger partial charge in [-0.05, 0) is 19.3 Å². The lowest BCUT2D eigenvalue weighted by molar-refractivity contribution is -0.142. The van der Waals surface area contributed by atoms with Crippen molar-refractivity contribution in [3.63, 3.8) is 0 Å². The molecule has 0 aromatic heterocycles. The zero-order chi connectivity index (χ0) is 7.84. The molecule has 1 aliphatic carbocycles. The molecule has 0 amide bonds. The Bertz CT molecular complexity index is 181. The van der Waals surface area contributed by atoms with Gasteiger partial charge in [-0.15, -0.1) is 0 Å². The van der Waals surface area contributed by atoms with Crippen LogP contribution in [0.5, 0.6) is 0 Å². The van der Waals surface area contributed by atoms with Crippen LogP contribution in [0.25, 0.3) is 0 Å². The Morgan fingerprint density at radius 2 is 2.09 bits per heavy atom. The summed E-state index contributed by atoms with van der Waals surface area (Å²) in [5.74, 6) is 0.123. The summed E-state index contributed by atoms with van der Waals surface area (Å²) in [6.07, 6.45) is 4.61. The minimum atomic E-state index is -0.333. The zero-order valence-electron chi connectivity index (χ0n) is 6.45. The topological polar surface area (TPSA) is 52.3 Å². The van der Waals surface area contributed by atoms with Crippen molar-refractivity contribution in [3.8, 4) is 0 Å². The van der Waals surface area contributed by atoms with Gasteiger partial charge in [-0.2, -0.15) is 0 Å². The molecule has 2 rings (SSSR count). The lowest BCUT2D eigenvalue weighted by Crippen LogP contribution is -2.35. The lowest BCUT2D eigenvalue weighted by atomic mass is 9.84. The molecular weight excluding hydrogens is 142 g/mol. The largest absolute Gasteiger partial charge is 0.461 e. The first-order chi connectivity index (χ1) is 5.29. The molecule has 0 unspecified atom stereocenters. The summed E-state index contributed by atoms with van der Waals surface area (Å²) in [6, 6.07) is -0.333. The van der Waals surface area contributed by atoms with E-state index in [4.69, 9.17) is 10.5 Å². The van der Waals surface area contributed by atoms with E-state index in [2.05, 4.69) is 0 Å². The second kappa shape index (κ2) is 2.48. The van der Waals surface area contributed by atoms with Crippen molar-refractivity contribution in [2.45, 2.75) is 37.8 Å². The van der Waals surface area contributed by atoms with Gasteiger partial charge in [0.15, 0.2) is 0 Å². The fourth-order valence-electron chi connectivity index (χ4n) is 2.09. The molecule has 2 N–H and O–H groups in total. The molecule has 3 heteroatoms. The first kappa shape index (κ1) is 7.10. The van der Waals surface area contributed by atoms with E-state index in [0.29, 0.717) is 5.92 Å². The van der Waals surface area contributed by atoms with Crippen LogP contribution in [0.1, 0.15) is 25.7 Å². The summed E-state index contributed by atoms with van der Waals surface area (Å²) in [5, 5.41) is 0. The monoisotopic (exact) mass is 155 g/mol. The smallest absolute Gasteiger partial charge is 0.323 e. The lowest BCUT2D eigenvalue weighted by Gasteiger charge is -2.23. The van der Waals surface area contributed by atoms with Gasteiger partial charge < -0.3 is 10.5 Å². The highest BCUT2D eigenvalue weighted by molar-refractivity contribution is 5.78. The molecule has 1 heterocycles. The Morgan fingerprint density at radius 3 is 2.82 bits per heavy atom. The average molecular weight is 155 g/mol. The van der Waals surface area contributed by atoms with Crippen molar-refractivity contribution in [3.05, 3.63) is 0 Å². The Balaban J connectivity index is 2.11. The molecular formula is C8H13NO2. The standard InChI is InChI=1S/C8H13NO2/c9-7-5-3-1-2-4-6(5)11-8(7)10/h5-7H,1-4,9H2/t5-,6+,7-/m0/s1. The third-order valence-corrected chi connectivity index (χ3v) is 2.75. The van der Waals surface area contributed by atoms with Crippen molar-refractivity contribution in [2.24, 2.45) is 11.7 Å². The van der Waals surface area contributed by atoms with Crippen molar-refractivity contribution < 1.29 is 9.53 Å². The van der Waals surface area contributed by atoms with Gasteiger partial charge in [0.1, 0.15) is 12.1 Å². The normalized spacial score (nSPS) is 43.4. The third kappa shape index (κ3) is 1.03. The second-order valence-electron chi connectivity index (χ2n) is 3.45. The van der Waals surface area contributed by atoms with Crippen LogP contribution in [-0.4, -0.2) is 18.1 Å². The number of rotatable bonds is 0. The molecule has 0 aromatic carbocycles. The van der Waals surface area contributed by atoms with E-state index in [0.717, 1.165) is 12.8 Å². The predicted molar refractivity (Wildman–Crippen MR) is 39.8 cm³/mol. The van der Waals surface area contributed by atoms with E-state index < -0.39 is 0 Å². The van der Waals surface area contributed by atoms with Crippen molar-refractivity contribution in [2.75, 3.05) is 0 Å². The fourth-order valence-corrected chi connectivity index (χ4v) is 2.09. The second-order valence-corrected chi connectivity index (χ2v) is 3.45. The number of carbonyl (C=O) groups is 1. The van der Waals surface area contributed by atoms with Crippen molar-refractivity contribution >= 4 is 5.97 Å². The third-order valence-electron chi connectivity index (χ3n) is 2.75. The van der Waals surface area contributed by atoms with Crippen LogP contribution in [0.2, 0.25) is 0 Å². The molecule has 0 bridgehead atoms. The Hall–Kier alpha value is -0.570. The van der Waals surface area contributed by atoms with Gasteiger partial charge in [0, 0.05) is 5.92 Å². The number of ether oxygens (including phenoxy) is 1. The van der Waals surface area contributed by atoms with Gasteiger partial charge in [-0.25, -0.2) is 0 Å². The Morgan fingerprint density at radius 1 is 1.36 bits per heavy atom. The molecule has 2 aliphatic rings. The van der Waals surface area contributed by atoms with Gasteiger partial charge in [-0.1, -0.05) is 6.42 Å². The SMILES string of the molecule is N[C@@H]1C(=O)O[C@@H]2CCCC[C@H]12. The van der Waals surface area contributed by atoms with Crippen LogP contribution in [0.4, 0.5) is 0 Å². The number of hydrogen-bond donors (Lipinski definition) is 1. The van der Waals surface area contributed by atoms with E-state index in [1.807, 2.05) is 0 Å². The minimum absolute atomic E-state index is 0.145. The highest BCUT2D eigenvalue weighted by atomic mass is 16.6. The van der Waals surface area contributed by atoms with Gasteiger partial charge in [0.25, 0.3) is 0 Å². The van der Waals surface area contributed by atoms with E-state index >= 15 is 0 Å². The first-order valence-electron chi connectivity index (χ1n) is 4.25. The minimum Gasteiger partial charge on any atom is -0.461 e. The maximum Gasteiger partial charge on any atom is 0.323 e. The first-order valence-corrected chi connectivity index (χ1v) is 4.25. The molecule has 2 fully saturated rings. The van der Waals surface area contributed by atoms with E-state index in [1.165, 1.54) is 12.8 Å². The quantitative estimate of drug-likeness (QED) is 0.516. The number of nitrogens with two attached hydrogens (primary N) is 1. The summed E-state index contributed by atoms with van der Waals surface area (Å²) in [7, 11) is 0. The fraction of sp³-hybridized carbons (Fsp3) is 0.875. The van der Waals surface area contributed by atoms with Crippen LogP contribution in [-0.2, 0) is 9.53 Å². The summed E-state index contributed by atoms with van der Waals surface area (Å²) in [6.45, 7) is 0. The van der Waals surface area contributed by atoms with Crippen molar-refractivity contribution in [1.29, 1.82) is 0 Å². The molecule has 1 saturated carbocycles. The van der Waals surface area contributed by atoms with Crippen molar-refractivity contribution in [1.82, 2.24) is 0 Å². The number of fused-ring (bicyclic) bond motifs is 1. The van der Waals surface area contributed by atoms with Crippen LogP contribution in [0, 0.1) is 5.92 Å². The number of esters is 1. The van der Waals surface area contributed by atoms with Gasteiger partial charge in [-0.3, -0.25) is 4.79 Å². The molecule has 11 heavy (non-hydrogen) atoms. The molecule has 0 aromatic rings. The van der Waals surface area contributed by atoms with E-state index in [-0.39, 0.29) is 18.1 Å². The predicted octanol–water partition coefficient (Wildman–Crippen LogP) is 0.429. The Kier molecular flexibility index (Phi) is 1.60. The molecule has 3 atom stereocenters. The molecule has 1 saturated heterocycles. The maximum absolute atomic E-state index is 11.0. The van der Waals surface area contributed by atoms with E-state index in [1.54, 1.807) is 0 Å². The van der Waals surface area contributed by atoms with Crippen LogP contribution < -0.4 is 5.73 Å². The summed E-state index contributed by atoms with van der Waals surface area (Å²) >= 11 is 0. The van der Waals surface area contributed by atoms with Crippen LogP contribution >= 0.6 is 0 Å². The number of carbonyl (C=O) groups excluding carboxylic acids is 1. The maximum atomic E-state index is 11.0. The molecule has 0 radical (unpaired) electrons. The molecule has 3 nitrogen and oxygen atoms in total. The van der Waals surface area contributed by atoms with E-state index in [9.17, 15) is 4.79 Å². The highest BCUT2D eigenvalue weighted by Crippen LogP contribution is 2.33. The summed E-state index contributed by atoms with van der Waals surface area (Å²) < 4.78 is 5.11. The van der Waals surface area contributed by atoms with Crippen LogP contribution in [0.3, 0.4) is 0 Å². The molecule has 0 spiro atoms. The molecule has 62 valence electrons. The summed E-state index contributed by atoms with van der Waals surface area (Å²) in [4.78, 5) is 11.0. The number of hydrogen-bond acceptors (Lipinski definition) is 3. The summed E-state index contributed by atoms with van der Waals surface area (Å²) in [5.41, 5.74) is 5.66. The van der Waals surface area contributed by atoms with Gasteiger partial charge in [0.05, 0.1) is 0 Å². The van der Waals surface area contributed by atoms with Gasteiger partial charge >= 0.3 is 5.97 Å². The van der Waals surface area contributed by atoms with Gasteiger partial charge in [0.2, 0.25) is 0 Å².